The predicted octanol–water partition coefficient (Wildman–Crippen LogP) is 14.7. The lowest BCUT2D eigenvalue weighted by Crippen LogP contribution is -2.02. The van der Waals surface area contributed by atoms with Crippen LogP contribution in [0.5, 0.6) is 0 Å². The second-order valence-corrected chi connectivity index (χ2v) is 15.3. The summed E-state index contributed by atoms with van der Waals surface area (Å²) in [6.45, 7) is 0. The molecule has 0 saturated heterocycles. The predicted molar refractivity (Wildman–Crippen MR) is 250 cm³/mol. The number of aromatic nitrogens is 3. The fraction of sp³-hybridized carbons (Fsp3) is 0.0702. The van der Waals surface area contributed by atoms with Crippen molar-refractivity contribution >= 4 is 22.3 Å². The van der Waals surface area contributed by atoms with Gasteiger partial charge in [-0.1, -0.05) is 200 Å². The highest BCUT2D eigenvalue weighted by Gasteiger charge is 2.20. The highest BCUT2D eigenvalue weighted by atomic mass is 15.0. The molecule has 8 aromatic rings. The molecule has 0 amide bonds. The van der Waals surface area contributed by atoms with Gasteiger partial charge < -0.3 is 0 Å². The summed E-state index contributed by atoms with van der Waals surface area (Å²) in [6, 6.07) is 66.5. The number of hydrogen-bond acceptors (Lipinski definition) is 3. The van der Waals surface area contributed by atoms with Gasteiger partial charge in [0.2, 0.25) is 0 Å². The van der Waals surface area contributed by atoms with Crippen molar-refractivity contribution in [2.24, 2.45) is 0 Å². The minimum absolute atomic E-state index is 0.634. The molecule has 0 atom stereocenters. The highest BCUT2D eigenvalue weighted by Crippen LogP contribution is 2.41. The Morgan fingerprint density at radius 1 is 0.233 bits per heavy atom. The first-order valence-electron chi connectivity index (χ1n) is 20.9. The Hall–Kier alpha value is -7.49. The molecule has 0 fully saturated rings. The molecule has 2 aliphatic carbocycles. The molecule has 60 heavy (non-hydrogen) atoms. The summed E-state index contributed by atoms with van der Waals surface area (Å²) in [4.78, 5) is 15.8. The molecule has 0 unspecified atom stereocenters. The van der Waals surface area contributed by atoms with Crippen LogP contribution in [0.2, 0.25) is 0 Å². The third-order valence-corrected chi connectivity index (χ3v) is 11.4. The summed E-state index contributed by atoms with van der Waals surface area (Å²) in [6.07, 6.45) is 13.7. The van der Waals surface area contributed by atoms with E-state index in [0.717, 1.165) is 64.6 Å². The van der Waals surface area contributed by atoms with Gasteiger partial charge in [-0.25, -0.2) is 15.0 Å². The topological polar surface area (TPSA) is 38.7 Å². The minimum Gasteiger partial charge on any atom is -0.208 e. The minimum atomic E-state index is 0.634. The molecule has 7 aromatic carbocycles. The molecule has 0 radical (unpaired) electrons. The van der Waals surface area contributed by atoms with E-state index >= 15 is 0 Å². The molecule has 3 heteroatoms. The van der Waals surface area contributed by atoms with Gasteiger partial charge >= 0.3 is 0 Å². The van der Waals surface area contributed by atoms with Crippen molar-refractivity contribution in [3.05, 3.63) is 235 Å². The van der Waals surface area contributed by atoms with Crippen LogP contribution in [0.25, 0.3) is 78.7 Å². The van der Waals surface area contributed by atoms with E-state index in [1.54, 1.807) is 0 Å². The molecule has 2 aliphatic rings. The number of rotatable bonds is 9. The van der Waals surface area contributed by atoms with Gasteiger partial charge in [-0.15, -0.1) is 0 Å². The van der Waals surface area contributed by atoms with E-state index in [1.807, 2.05) is 18.2 Å². The second kappa shape index (κ2) is 16.8. The SMILES string of the molecule is C1=C(c2ccccc2)C(c2cccc(-c3ccccc3-c3nc(-c4ccccc4)nc(-c4ccccc4-c4cccc(C5=CCCC=C5c5ccccc5)c4)n3)c2)=CCC1. The lowest BCUT2D eigenvalue weighted by molar-refractivity contribution is 1.04. The first-order chi connectivity index (χ1) is 29.8. The Labute approximate surface area is 352 Å². The van der Waals surface area contributed by atoms with Gasteiger partial charge in [0.25, 0.3) is 0 Å². The summed E-state index contributed by atoms with van der Waals surface area (Å²) in [5.74, 6) is 1.91. The van der Waals surface area contributed by atoms with Gasteiger partial charge in [-0.05, 0) is 105 Å². The quantitative estimate of drug-likeness (QED) is 0.147. The van der Waals surface area contributed by atoms with Crippen LogP contribution >= 0.6 is 0 Å². The standard InChI is InChI=1S/C57H43N3/c1-4-20-40(21-5-1)47-30-10-12-32-49(47)43-26-18-28-45(38-43)51-34-14-16-36-53(51)56-58-55(42-24-8-3-9-25-42)59-57(60-56)54-37-17-15-35-52(54)46-29-19-27-44(39-46)50-33-13-11-31-48(50)41-22-6-2-7-23-41/h1-9,14-39H,10-13H2. The summed E-state index contributed by atoms with van der Waals surface area (Å²) in [7, 11) is 0. The second-order valence-electron chi connectivity index (χ2n) is 15.3. The average molecular weight is 770 g/mol. The average Bonchev–Trinajstić information content (AvgIpc) is 3.35. The first kappa shape index (κ1) is 36.8. The lowest BCUT2D eigenvalue weighted by atomic mass is 9.86. The molecular weight excluding hydrogens is 727 g/mol. The van der Waals surface area contributed by atoms with E-state index in [9.17, 15) is 0 Å². The summed E-state index contributed by atoms with van der Waals surface area (Å²) in [5.41, 5.74) is 17.2. The van der Waals surface area contributed by atoms with Gasteiger partial charge in [0.15, 0.2) is 17.5 Å². The van der Waals surface area contributed by atoms with Crippen molar-refractivity contribution in [2.75, 3.05) is 0 Å². The Balaban J connectivity index is 1.07. The number of allylic oxidation sites excluding steroid dienone is 8. The maximum atomic E-state index is 5.34. The summed E-state index contributed by atoms with van der Waals surface area (Å²) >= 11 is 0. The Morgan fingerprint density at radius 2 is 0.533 bits per heavy atom. The van der Waals surface area contributed by atoms with E-state index < -0.39 is 0 Å². The molecular formula is C57H43N3. The van der Waals surface area contributed by atoms with Crippen LogP contribution in [0, 0.1) is 0 Å². The van der Waals surface area contributed by atoms with E-state index in [1.165, 1.54) is 44.5 Å². The fourth-order valence-corrected chi connectivity index (χ4v) is 8.58. The zero-order valence-electron chi connectivity index (χ0n) is 33.4. The van der Waals surface area contributed by atoms with E-state index in [4.69, 9.17) is 15.0 Å². The molecule has 286 valence electrons. The fourth-order valence-electron chi connectivity index (χ4n) is 8.58. The van der Waals surface area contributed by atoms with Crippen molar-refractivity contribution < 1.29 is 0 Å². The van der Waals surface area contributed by atoms with Crippen LogP contribution in [0.1, 0.15) is 47.9 Å². The van der Waals surface area contributed by atoms with Crippen molar-refractivity contribution in [3.63, 3.8) is 0 Å². The van der Waals surface area contributed by atoms with Crippen LogP contribution in [0.4, 0.5) is 0 Å². The van der Waals surface area contributed by atoms with Gasteiger partial charge in [0.05, 0.1) is 0 Å². The van der Waals surface area contributed by atoms with Gasteiger partial charge in [-0.3, -0.25) is 0 Å². The van der Waals surface area contributed by atoms with Crippen molar-refractivity contribution in [1.29, 1.82) is 0 Å². The van der Waals surface area contributed by atoms with Crippen molar-refractivity contribution in [2.45, 2.75) is 25.7 Å². The smallest absolute Gasteiger partial charge is 0.164 e. The largest absolute Gasteiger partial charge is 0.208 e. The lowest BCUT2D eigenvalue weighted by Gasteiger charge is -2.19. The summed E-state index contributed by atoms with van der Waals surface area (Å²) in [5, 5.41) is 0. The van der Waals surface area contributed by atoms with Crippen LogP contribution in [0.3, 0.4) is 0 Å². The normalized spacial score (nSPS) is 13.8. The molecule has 3 nitrogen and oxygen atoms in total. The monoisotopic (exact) mass is 769 g/mol. The Kier molecular flexibility index (Phi) is 10.3. The van der Waals surface area contributed by atoms with E-state index in [0.29, 0.717) is 17.5 Å². The molecule has 1 aromatic heterocycles. The zero-order chi connectivity index (χ0) is 40.1. The number of hydrogen-bond donors (Lipinski definition) is 0. The molecule has 0 bridgehead atoms. The van der Waals surface area contributed by atoms with Gasteiger partial charge in [0, 0.05) is 16.7 Å². The number of benzene rings is 7. The van der Waals surface area contributed by atoms with E-state index in [2.05, 4.69) is 194 Å². The van der Waals surface area contributed by atoms with Gasteiger partial charge in [-0.2, -0.15) is 0 Å². The molecule has 10 rings (SSSR count). The Morgan fingerprint density at radius 3 is 0.950 bits per heavy atom. The first-order valence-corrected chi connectivity index (χ1v) is 20.9. The van der Waals surface area contributed by atoms with Crippen LogP contribution < -0.4 is 0 Å². The van der Waals surface area contributed by atoms with Crippen LogP contribution in [-0.2, 0) is 0 Å². The maximum Gasteiger partial charge on any atom is 0.164 e. The molecule has 0 spiro atoms. The molecule has 0 saturated carbocycles. The third-order valence-electron chi connectivity index (χ3n) is 11.4. The van der Waals surface area contributed by atoms with Crippen LogP contribution in [0.15, 0.2) is 212 Å². The highest BCUT2D eigenvalue weighted by molar-refractivity contribution is 6.07. The van der Waals surface area contributed by atoms with Gasteiger partial charge in [0.1, 0.15) is 0 Å². The van der Waals surface area contributed by atoms with Crippen molar-refractivity contribution in [1.82, 2.24) is 15.0 Å². The molecule has 1 heterocycles. The maximum absolute atomic E-state index is 5.34. The zero-order valence-corrected chi connectivity index (χ0v) is 33.4. The number of nitrogens with zero attached hydrogens (tertiary/aromatic N) is 3. The third kappa shape index (κ3) is 7.50. The van der Waals surface area contributed by atoms with E-state index in [-0.39, 0.29) is 0 Å². The van der Waals surface area contributed by atoms with Crippen molar-refractivity contribution in [3.8, 4) is 56.4 Å². The Bertz CT molecular complexity index is 2770. The molecule has 0 aliphatic heterocycles. The van der Waals surface area contributed by atoms with Crippen LogP contribution in [-0.4, -0.2) is 15.0 Å². The molecule has 0 N–H and O–H groups in total. The summed E-state index contributed by atoms with van der Waals surface area (Å²) < 4.78 is 0.